The van der Waals surface area contributed by atoms with Gasteiger partial charge in [-0.15, -0.1) is 0 Å². The highest BCUT2D eigenvalue weighted by Crippen LogP contribution is 2.26. The van der Waals surface area contributed by atoms with Crippen molar-refractivity contribution in [2.24, 2.45) is 0 Å². The molecule has 0 spiro atoms. The van der Waals surface area contributed by atoms with Gasteiger partial charge in [-0.05, 0) is 18.7 Å². The van der Waals surface area contributed by atoms with Gasteiger partial charge in [-0.2, -0.15) is 11.8 Å². The molecular weight excluding hydrogens is 214 g/mol. The minimum absolute atomic E-state index is 0.180. The maximum Gasteiger partial charge on any atom is 0.0131 e. The lowest BCUT2D eigenvalue weighted by Gasteiger charge is -2.33. The summed E-state index contributed by atoms with van der Waals surface area (Å²) in [6.07, 6.45) is 2.15. The molecule has 0 bridgehead atoms. The maximum atomic E-state index is 3.60. The van der Waals surface area contributed by atoms with E-state index in [1.165, 1.54) is 11.3 Å². The minimum atomic E-state index is 0.180. The first-order valence-corrected chi connectivity index (χ1v) is 7.26. The molecule has 0 amide bonds. The van der Waals surface area contributed by atoms with Gasteiger partial charge >= 0.3 is 0 Å². The highest BCUT2D eigenvalue weighted by molar-refractivity contribution is 7.98. The monoisotopic (exact) mass is 237 g/mol. The fourth-order valence-electron chi connectivity index (χ4n) is 1.75. The van der Waals surface area contributed by atoms with Crippen molar-refractivity contribution in [2.45, 2.75) is 32.2 Å². The summed E-state index contributed by atoms with van der Waals surface area (Å²) in [6.45, 7) is 7.96. The van der Waals surface area contributed by atoms with Gasteiger partial charge in [0.05, 0.1) is 0 Å². The molecule has 0 aliphatic heterocycles. The number of benzene rings is 1. The van der Waals surface area contributed by atoms with Crippen LogP contribution in [0.5, 0.6) is 0 Å². The Morgan fingerprint density at radius 2 is 1.88 bits per heavy atom. The second-order valence-corrected chi connectivity index (χ2v) is 5.74. The Bertz CT molecular complexity index is 295. The molecule has 1 aromatic carbocycles. The zero-order valence-corrected chi connectivity index (χ0v) is 11.6. The van der Waals surface area contributed by atoms with Crippen LogP contribution in [-0.2, 0) is 5.41 Å². The van der Waals surface area contributed by atoms with Crippen molar-refractivity contribution in [1.29, 1.82) is 0 Å². The molecule has 1 atom stereocenters. The molecular formula is C14H23NS. The summed E-state index contributed by atoms with van der Waals surface area (Å²) in [4.78, 5) is 0. The Kier molecular flexibility index (Phi) is 5.36. The van der Waals surface area contributed by atoms with E-state index >= 15 is 0 Å². The molecule has 0 saturated carbocycles. The number of thioether (sulfide) groups is 1. The Morgan fingerprint density at radius 1 is 1.25 bits per heavy atom. The third kappa shape index (κ3) is 3.53. The summed E-state index contributed by atoms with van der Waals surface area (Å²) in [6, 6.07) is 11.2. The molecule has 0 aliphatic rings. The third-order valence-corrected chi connectivity index (χ3v) is 3.97. The fraction of sp³-hybridized carbons (Fsp3) is 0.571. The lowest BCUT2D eigenvalue weighted by Crippen LogP contribution is -2.43. The van der Waals surface area contributed by atoms with Gasteiger partial charge in [0.15, 0.2) is 0 Å². The predicted molar refractivity (Wildman–Crippen MR) is 75.3 cm³/mol. The summed E-state index contributed by atoms with van der Waals surface area (Å²) in [5, 5.41) is 3.60. The van der Waals surface area contributed by atoms with E-state index in [1.54, 1.807) is 0 Å². The molecule has 0 radical (unpaired) electrons. The molecule has 0 aromatic heterocycles. The van der Waals surface area contributed by atoms with Crippen molar-refractivity contribution < 1.29 is 0 Å². The average molecular weight is 237 g/mol. The Labute approximate surface area is 104 Å². The fourth-order valence-corrected chi connectivity index (χ4v) is 2.07. The van der Waals surface area contributed by atoms with Gasteiger partial charge in [0.2, 0.25) is 0 Å². The lowest BCUT2D eigenvalue weighted by atomic mass is 9.78. The van der Waals surface area contributed by atoms with Crippen LogP contribution in [-0.4, -0.2) is 24.6 Å². The van der Waals surface area contributed by atoms with Gasteiger partial charge in [0.25, 0.3) is 0 Å². The second-order valence-electron chi connectivity index (χ2n) is 4.76. The Hall–Kier alpha value is -0.470. The van der Waals surface area contributed by atoms with E-state index in [0.717, 1.165) is 6.54 Å². The van der Waals surface area contributed by atoms with Gasteiger partial charge in [-0.1, -0.05) is 44.2 Å². The van der Waals surface area contributed by atoms with Gasteiger partial charge in [0, 0.05) is 23.8 Å². The van der Waals surface area contributed by atoms with E-state index in [0.29, 0.717) is 6.04 Å². The molecule has 0 saturated heterocycles. The third-order valence-electron chi connectivity index (χ3n) is 3.36. The summed E-state index contributed by atoms with van der Waals surface area (Å²) in [5.74, 6) is 1.18. The van der Waals surface area contributed by atoms with Crippen molar-refractivity contribution in [1.82, 2.24) is 5.32 Å². The van der Waals surface area contributed by atoms with Crippen molar-refractivity contribution in [3.8, 4) is 0 Å². The van der Waals surface area contributed by atoms with Gasteiger partial charge in [-0.25, -0.2) is 0 Å². The normalized spacial score (nSPS) is 13.8. The first kappa shape index (κ1) is 13.6. The number of hydrogen-bond acceptors (Lipinski definition) is 2. The van der Waals surface area contributed by atoms with Crippen LogP contribution < -0.4 is 5.32 Å². The molecule has 0 fully saturated rings. The van der Waals surface area contributed by atoms with Crippen molar-refractivity contribution in [2.75, 3.05) is 18.6 Å². The topological polar surface area (TPSA) is 12.0 Å². The molecule has 1 unspecified atom stereocenters. The lowest BCUT2D eigenvalue weighted by molar-refractivity contribution is 0.369. The van der Waals surface area contributed by atoms with Crippen LogP contribution >= 0.6 is 11.8 Å². The molecule has 0 heterocycles. The molecule has 1 rings (SSSR count). The van der Waals surface area contributed by atoms with Crippen molar-refractivity contribution >= 4 is 11.8 Å². The molecule has 16 heavy (non-hydrogen) atoms. The van der Waals surface area contributed by atoms with Crippen LogP contribution in [0.4, 0.5) is 0 Å². The summed E-state index contributed by atoms with van der Waals surface area (Å²) in [5.41, 5.74) is 1.58. The summed E-state index contributed by atoms with van der Waals surface area (Å²) in [7, 11) is 0. The van der Waals surface area contributed by atoms with Crippen LogP contribution in [0, 0.1) is 0 Å². The van der Waals surface area contributed by atoms with Crippen LogP contribution in [0.1, 0.15) is 26.3 Å². The highest BCUT2D eigenvalue weighted by Gasteiger charge is 2.26. The predicted octanol–water partition coefficient (Wildman–Crippen LogP) is 3.31. The molecule has 2 heteroatoms. The maximum absolute atomic E-state index is 3.60. The Morgan fingerprint density at radius 3 is 2.44 bits per heavy atom. The summed E-state index contributed by atoms with van der Waals surface area (Å²) >= 11 is 1.89. The minimum Gasteiger partial charge on any atom is -0.313 e. The van der Waals surface area contributed by atoms with Crippen LogP contribution in [0.3, 0.4) is 0 Å². The van der Waals surface area contributed by atoms with Gasteiger partial charge < -0.3 is 5.32 Å². The summed E-state index contributed by atoms with van der Waals surface area (Å²) < 4.78 is 0. The molecule has 1 aromatic rings. The van der Waals surface area contributed by atoms with Crippen LogP contribution in [0.2, 0.25) is 0 Å². The molecule has 0 aliphatic carbocycles. The molecule has 90 valence electrons. The van der Waals surface area contributed by atoms with E-state index < -0.39 is 0 Å². The van der Waals surface area contributed by atoms with Crippen LogP contribution in [0.25, 0.3) is 0 Å². The SMILES string of the molecule is CSCCNC(C)C(C)(C)c1ccccc1. The van der Waals surface area contributed by atoms with E-state index in [2.05, 4.69) is 62.7 Å². The Balaban J connectivity index is 2.62. The number of nitrogens with one attached hydrogen (secondary N) is 1. The van der Waals surface area contributed by atoms with Crippen molar-refractivity contribution in [3.05, 3.63) is 35.9 Å². The number of hydrogen-bond donors (Lipinski definition) is 1. The van der Waals surface area contributed by atoms with Crippen molar-refractivity contribution in [3.63, 3.8) is 0 Å². The smallest absolute Gasteiger partial charge is 0.0131 e. The zero-order chi connectivity index (χ0) is 12.0. The largest absolute Gasteiger partial charge is 0.313 e. The molecule has 1 nitrogen and oxygen atoms in total. The van der Waals surface area contributed by atoms with E-state index in [-0.39, 0.29) is 5.41 Å². The van der Waals surface area contributed by atoms with Gasteiger partial charge in [0.1, 0.15) is 0 Å². The van der Waals surface area contributed by atoms with E-state index in [9.17, 15) is 0 Å². The highest BCUT2D eigenvalue weighted by atomic mass is 32.2. The van der Waals surface area contributed by atoms with E-state index in [1.807, 2.05) is 11.8 Å². The van der Waals surface area contributed by atoms with E-state index in [4.69, 9.17) is 0 Å². The number of rotatable bonds is 6. The standard InChI is InChI=1S/C14H23NS/c1-12(15-10-11-16-4)14(2,3)13-8-6-5-7-9-13/h5-9,12,15H,10-11H2,1-4H3. The average Bonchev–Trinajstić information content (AvgIpc) is 2.30. The first-order valence-electron chi connectivity index (χ1n) is 5.87. The zero-order valence-electron chi connectivity index (χ0n) is 10.8. The van der Waals surface area contributed by atoms with Crippen LogP contribution in [0.15, 0.2) is 30.3 Å². The molecule has 1 N–H and O–H groups in total. The first-order chi connectivity index (χ1) is 7.59. The quantitative estimate of drug-likeness (QED) is 0.762. The van der Waals surface area contributed by atoms with Gasteiger partial charge in [-0.3, -0.25) is 0 Å². The second kappa shape index (κ2) is 6.31.